The number of rotatable bonds is 3. The lowest BCUT2D eigenvalue weighted by molar-refractivity contribution is -0.514. The Kier molecular flexibility index (Phi) is 4.34. The third kappa shape index (κ3) is 3.09. The minimum atomic E-state index is -0.644. The third-order valence-electron chi connectivity index (χ3n) is 5.42. The smallest absolute Gasteiger partial charge is 0.351 e. The standard InChI is InChI=1S/C23H18ClN3O2/c24-16-8-5-7-15(12-16)20-18-10-3-4-11-27(18)22(25-20)23(29)26-21-17-9-2-1-6-14(17)13-19(21)28/h1-12,19,21,28H,13H2,(H,26,29)/p+1/t19-,21+/m0/s1. The van der Waals surface area contributed by atoms with Gasteiger partial charge in [0.1, 0.15) is 0 Å². The molecule has 2 aromatic heterocycles. The largest absolute Gasteiger partial charge is 0.390 e. The van der Waals surface area contributed by atoms with E-state index in [9.17, 15) is 9.90 Å². The molecule has 0 radical (unpaired) electrons. The van der Waals surface area contributed by atoms with E-state index in [1.165, 1.54) is 0 Å². The number of fused-ring (bicyclic) bond motifs is 2. The van der Waals surface area contributed by atoms with E-state index in [4.69, 9.17) is 11.6 Å². The van der Waals surface area contributed by atoms with E-state index in [2.05, 4.69) is 10.3 Å². The average Bonchev–Trinajstić information content (AvgIpc) is 3.26. The zero-order chi connectivity index (χ0) is 20.0. The number of nitrogens with one attached hydrogen (secondary N) is 2. The van der Waals surface area contributed by atoms with E-state index < -0.39 is 12.1 Å². The number of aliphatic hydroxyl groups is 1. The van der Waals surface area contributed by atoms with Crippen molar-refractivity contribution in [3.05, 3.63) is 94.9 Å². The number of benzene rings is 2. The maximum absolute atomic E-state index is 13.2. The molecule has 6 heteroatoms. The summed E-state index contributed by atoms with van der Waals surface area (Å²) in [7, 11) is 0. The Balaban J connectivity index is 1.55. The molecule has 144 valence electrons. The fourth-order valence-corrected chi connectivity index (χ4v) is 4.26. The number of amides is 1. The van der Waals surface area contributed by atoms with Gasteiger partial charge < -0.3 is 10.4 Å². The summed E-state index contributed by atoms with van der Waals surface area (Å²) in [5, 5.41) is 14.1. The molecule has 0 spiro atoms. The second kappa shape index (κ2) is 7.03. The number of aromatic nitrogens is 2. The van der Waals surface area contributed by atoms with Gasteiger partial charge in [-0.1, -0.05) is 54.1 Å². The first kappa shape index (κ1) is 17.9. The first-order chi connectivity index (χ1) is 14.1. The van der Waals surface area contributed by atoms with Crippen LogP contribution in [0.2, 0.25) is 5.02 Å². The molecule has 1 aliphatic rings. The summed E-state index contributed by atoms with van der Waals surface area (Å²) in [5.41, 5.74) is 4.60. The van der Waals surface area contributed by atoms with Crippen molar-refractivity contribution in [1.82, 2.24) is 10.3 Å². The molecule has 1 amide bonds. The summed E-state index contributed by atoms with van der Waals surface area (Å²) < 4.78 is 1.82. The molecule has 2 heterocycles. The summed E-state index contributed by atoms with van der Waals surface area (Å²) in [6.07, 6.45) is 1.73. The summed E-state index contributed by atoms with van der Waals surface area (Å²) in [4.78, 5) is 16.4. The van der Waals surface area contributed by atoms with Crippen molar-refractivity contribution >= 4 is 23.0 Å². The van der Waals surface area contributed by atoms with Gasteiger partial charge in [-0.25, -0.2) is 4.98 Å². The number of nitrogens with zero attached hydrogens (tertiary/aromatic N) is 1. The first-order valence-corrected chi connectivity index (χ1v) is 9.84. The summed E-state index contributed by atoms with van der Waals surface area (Å²) in [6.45, 7) is 0. The quantitative estimate of drug-likeness (QED) is 0.458. The Hall–Kier alpha value is -3.15. The van der Waals surface area contributed by atoms with Crippen molar-refractivity contribution < 1.29 is 14.3 Å². The molecule has 0 saturated heterocycles. The number of aliphatic hydroxyl groups excluding tert-OH is 1. The number of aromatic amines is 1. The van der Waals surface area contributed by atoms with E-state index in [0.29, 0.717) is 17.3 Å². The lowest BCUT2D eigenvalue weighted by Crippen LogP contribution is -2.39. The number of hydrogen-bond acceptors (Lipinski definition) is 2. The second-order valence-electron chi connectivity index (χ2n) is 7.24. The van der Waals surface area contributed by atoms with E-state index >= 15 is 0 Å². The van der Waals surface area contributed by atoms with Gasteiger partial charge in [-0.2, -0.15) is 4.40 Å². The third-order valence-corrected chi connectivity index (χ3v) is 5.65. The predicted molar refractivity (Wildman–Crippen MR) is 111 cm³/mol. The van der Waals surface area contributed by atoms with Crippen LogP contribution in [0.15, 0.2) is 72.9 Å². The van der Waals surface area contributed by atoms with Crippen LogP contribution in [0.25, 0.3) is 16.8 Å². The molecule has 29 heavy (non-hydrogen) atoms. The average molecular weight is 405 g/mol. The Labute approximate surface area is 172 Å². The van der Waals surface area contributed by atoms with Crippen molar-refractivity contribution in [2.24, 2.45) is 0 Å². The van der Waals surface area contributed by atoms with Crippen LogP contribution in [0.3, 0.4) is 0 Å². The maximum atomic E-state index is 13.2. The highest BCUT2D eigenvalue weighted by Gasteiger charge is 2.35. The first-order valence-electron chi connectivity index (χ1n) is 9.47. The predicted octanol–water partition coefficient (Wildman–Crippen LogP) is 3.46. The number of hydrogen-bond donors (Lipinski definition) is 3. The van der Waals surface area contributed by atoms with Crippen molar-refractivity contribution in [1.29, 1.82) is 0 Å². The zero-order valence-electron chi connectivity index (χ0n) is 15.5. The van der Waals surface area contributed by atoms with Crippen LogP contribution in [0, 0.1) is 0 Å². The Bertz CT molecular complexity index is 1230. The molecule has 5 rings (SSSR count). The monoisotopic (exact) mass is 404 g/mol. The van der Waals surface area contributed by atoms with Gasteiger partial charge >= 0.3 is 11.7 Å². The topological polar surface area (TPSA) is 69.2 Å². The van der Waals surface area contributed by atoms with Crippen LogP contribution in [0.1, 0.15) is 27.8 Å². The van der Waals surface area contributed by atoms with Crippen LogP contribution < -0.4 is 9.72 Å². The Morgan fingerprint density at radius 1 is 1.10 bits per heavy atom. The molecule has 2 atom stereocenters. The van der Waals surface area contributed by atoms with E-state index in [-0.39, 0.29) is 5.91 Å². The molecule has 3 N–H and O–H groups in total. The highest BCUT2D eigenvalue weighted by atomic mass is 35.5. The van der Waals surface area contributed by atoms with Gasteiger partial charge in [0.05, 0.1) is 18.3 Å². The minimum Gasteiger partial charge on any atom is -0.390 e. The van der Waals surface area contributed by atoms with E-state index in [0.717, 1.165) is 27.9 Å². The number of pyridine rings is 1. The van der Waals surface area contributed by atoms with Gasteiger partial charge in [0.2, 0.25) is 0 Å². The molecule has 1 aliphatic carbocycles. The molecule has 0 unspecified atom stereocenters. The SMILES string of the molecule is O=C(N[C@@H]1c2ccccc2C[C@@H]1O)c1[nH]c(-c2cccc(Cl)c2)c2cccc[n+]12. The molecule has 0 saturated carbocycles. The number of H-pyrrole nitrogens is 1. The summed E-state index contributed by atoms with van der Waals surface area (Å²) >= 11 is 6.16. The number of carbonyl (C=O) groups excluding carboxylic acids is 1. The fourth-order valence-electron chi connectivity index (χ4n) is 4.07. The highest BCUT2D eigenvalue weighted by molar-refractivity contribution is 6.30. The molecule has 2 aromatic carbocycles. The molecule has 0 fully saturated rings. The second-order valence-corrected chi connectivity index (χ2v) is 7.67. The number of halogens is 1. The van der Waals surface area contributed by atoms with Gasteiger partial charge in [-0.15, -0.1) is 0 Å². The van der Waals surface area contributed by atoms with Gasteiger partial charge in [-0.3, -0.25) is 4.79 Å². The van der Waals surface area contributed by atoms with Crippen LogP contribution in [-0.4, -0.2) is 22.1 Å². The van der Waals surface area contributed by atoms with E-state index in [1.54, 1.807) is 0 Å². The fraction of sp³-hybridized carbons (Fsp3) is 0.130. The molecule has 0 bridgehead atoms. The molecule has 0 aliphatic heterocycles. The van der Waals surface area contributed by atoms with Crippen molar-refractivity contribution in [2.75, 3.05) is 0 Å². The summed E-state index contributed by atoms with van der Waals surface area (Å²) in [5.74, 6) is 0.118. The molecule has 5 nitrogen and oxygen atoms in total. The molecular weight excluding hydrogens is 386 g/mol. The number of imidazole rings is 1. The van der Waals surface area contributed by atoms with Gasteiger partial charge in [-0.05, 0) is 35.4 Å². The Morgan fingerprint density at radius 3 is 2.79 bits per heavy atom. The lowest BCUT2D eigenvalue weighted by atomic mass is 10.1. The van der Waals surface area contributed by atoms with E-state index in [1.807, 2.05) is 77.3 Å². The maximum Gasteiger partial charge on any atom is 0.351 e. The zero-order valence-corrected chi connectivity index (χ0v) is 16.2. The normalized spacial score (nSPS) is 18.0. The van der Waals surface area contributed by atoms with Crippen LogP contribution in [-0.2, 0) is 6.42 Å². The van der Waals surface area contributed by atoms with Gasteiger partial charge in [0.25, 0.3) is 0 Å². The highest BCUT2D eigenvalue weighted by Crippen LogP contribution is 2.31. The van der Waals surface area contributed by atoms with Crippen molar-refractivity contribution in [3.63, 3.8) is 0 Å². The van der Waals surface area contributed by atoms with Gasteiger partial charge in [0.15, 0.2) is 11.2 Å². The molecular formula is C23H19ClN3O2+. The minimum absolute atomic E-state index is 0.278. The number of carbonyl (C=O) groups is 1. The van der Waals surface area contributed by atoms with Crippen molar-refractivity contribution in [2.45, 2.75) is 18.6 Å². The van der Waals surface area contributed by atoms with Crippen LogP contribution in [0.4, 0.5) is 0 Å². The van der Waals surface area contributed by atoms with Crippen LogP contribution in [0.5, 0.6) is 0 Å². The Morgan fingerprint density at radius 2 is 1.93 bits per heavy atom. The lowest BCUT2D eigenvalue weighted by Gasteiger charge is -2.16. The molecule has 4 aromatic rings. The van der Waals surface area contributed by atoms with Gasteiger partial charge in [0, 0.05) is 17.0 Å². The van der Waals surface area contributed by atoms with Crippen molar-refractivity contribution in [3.8, 4) is 11.3 Å². The van der Waals surface area contributed by atoms with Crippen LogP contribution >= 0.6 is 11.6 Å². The summed E-state index contributed by atoms with van der Waals surface area (Å²) in [6, 6.07) is 20.6.